The van der Waals surface area contributed by atoms with Crippen LogP contribution in [0.4, 0.5) is 0 Å². The summed E-state index contributed by atoms with van der Waals surface area (Å²) < 4.78 is 8.72. The van der Waals surface area contributed by atoms with Crippen molar-refractivity contribution in [1.82, 2.24) is 9.55 Å². The predicted molar refractivity (Wildman–Crippen MR) is 80.4 cm³/mol. The molecule has 1 unspecified atom stereocenters. The Balaban J connectivity index is 2.12. The van der Waals surface area contributed by atoms with E-state index < -0.39 is 0 Å². The van der Waals surface area contributed by atoms with Crippen LogP contribution in [0.2, 0.25) is 5.02 Å². The van der Waals surface area contributed by atoms with Crippen molar-refractivity contribution in [3.05, 3.63) is 28.0 Å². The van der Waals surface area contributed by atoms with Gasteiger partial charge in [0.25, 0.3) is 0 Å². The van der Waals surface area contributed by atoms with Gasteiger partial charge in [0.2, 0.25) is 0 Å². The maximum atomic E-state index is 6.22. The van der Waals surface area contributed by atoms with Gasteiger partial charge in [0.1, 0.15) is 0 Å². The Kier molecular flexibility index (Phi) is 3.20. The third-order valence-electron chi connectivity index (χ3n) is 3.74. The SMILES string of the molecule is CC1(C)CC(n2c(=S)[nH]c3c(Cl)cccc32)CCO1. The van der Waals surface area contributed by atoms with Crippen LogP contribution in [0.1, 0.15) is 32.7 Å². The highest BCUT2D eigenvalue weighted by Gasteiger charge is 2.31. The molecule has 1 aliphatic heterocycles. The molecule has 0 amide bonds. The number of rotatable bonds is 1. The lowest BCUT2D eigenvalue weighted by atomic mass is 9.93. The summed E-state index contributed by atoms with van der Waals surface area (Å²) >= 11 is 11.7. The maximum Gasteiger partial charge on any atom is 0.178 e. The number of imidazole rings is 1. The number of fused-ring (bicyclic) bond motifs is 1. The molecule has 5 heteroatoms. The van der Waals surface area contributed by atoms with Crippen LogP contribution in [0, 0.1) is 4.77 Å². The van der Waals surface area contributed by atoms with Crippen LogP contribution >= 0.6 is 23.8 Å². The number of nitrogens with zero attached hydrogens (tertiary/aromatic N) is 1. The molecule has 1 fully saturated rings. The first-order valence-electron chi connectivity index (χ1n) is 6.51. The zero-order chi connectivity index (χ0) is 13.6. The molecular weight excluding hydrogens is 280 g/mol. The van der Waals surface area contributed by atoms with Crippen LogP contribution in [0.5, 0.6) is 0 Å². The maximum absolute atomic E-state index is 6.22. The summed E-state index contributed by atoms with van der Waals surface area (Å²) in [6, 6.07) is 6.28. The van der Waals surface area contributed by atoms with E-state index in [4.69, 9.17) is 28.6 Å². The molecule has 1 N–H and O–H groups in total. The Hall–Kier alpha value is -0.840. The highest BCUT2D eigenvalue weighted by molar-refractivity contribution is 7.71. The molecule has 0 bridgehead atoms. The van der Waals surface area contributed by atoms with Gasteiger partial charge in [-0.2, -0.15) is 0 Å². The van der Waals surface area contributed by atoms with Crippen molar-refractivity contribution >= 4 is 34.9 Å². The average molecular weight is 297 g/mol. The largest absolute Gasteiger partial charge is 0.375 e. The molecule has 1 aromatic carbocycles. The van der Waals surface area contributed by atoms with E-state index in [1.807, 2.05) is 12.1 Å². The molecule has 2 aromatic rings. The van der Waals surface area contributed by atoms with Crippen molar-refractivity contribution in [3.63, 3.8) is 0 Å². The lowest BCUT2D eigenvalue weighted by molar-refractivity contribution is -0.0687. The number of aromatic amines is 1. The molecule has 0 radical (unpaired) electrons. The monoisotopic (exact) mass is 296 g/mol. The van der Waals surface area contributed by atoms with Crippen molar-refractivity contribution in [2.75, 3.05) is 6.61 Å². The van der Waals surface area contributed by atoms with Crippen molar-refractivity contribution in [2.45, 2.75) is 38.3 Å². The first kappa shape index (κ1) is 13.2. The molecule has 1 atom stereocenters. The third-order valence-corrected chi connectivity index (χ3v) is 4.35. The third kappa shape index (κ3) is 2.33. The fourth-order valence-electron chi connectivity index (χ4n) is 2.90. The molecular formula is C14H17ClN2OS. The fourth-order valence-corrected chi connectivity index (χ4v) is 3.46. The van der Waals surface area contributed by atoms with Crippen molar-refractivity contribution in [3.8, 4) is 0 Å². The molecule has 102 valence electrons. The predicted octanol–water partition coefficient (Wildman–Crippen LogP) is 4.48. The quantitative estimate of drug-likeness (QED) is 0.786. The Labute approximate surface area is 122 Å². The lowest BCUT2D eigenvalue weighted by Gasteiger charge is -2.36. The first-order chi connectivity index (χ1) is 8.98. The van der Waals surface area contributed by atoms with E-state index in [1.54, 1.807) is 0 Å². The lowest BCUT2D eigenvalue weighted by Crippen LogP contribution is -2.35. The van der Waals surface area contributed by atoms with Crippen molar-refractivity contribution in [1.29, 1.82) is 0 Å². The van der Waals surface area contributed by atoms with Gasteiger partial charge in [0.15, 0.2) is 4.77 Å². The van der Waals surface area contributed by atoms with Crippen LogP contribution in [0.25, 0.3) is 11.0 Å². The van der Waals surface area contributed by atoms with E-state index in [1.165, 1.54) is 0 Å². The minimum Gasteiger partial charge on any atom is -0.375 e. The van der Waals surface area contributed by atoms with Gasteiger partial charge in [-0.25, -0.2) is 0 Å². The van der Waals surface area contributed by atoms with E-state index in [0.29, 0.717) is 11.1 Å². The molecule has 19 heavy (non-hydrogen) atoms. The number of H-pyrrole nitrogens is 1. The average Bonchev–Trinajstić information content (AvgIpc) is 2.66. The molecule has 0 aliphatic carbocycles. The Morgan fingerprint density at radius 2 is 2.26 bits per heavy atom. The second kappa shape index (κ2) is 4.62. The summed E-state index contributed by atoms with van der Waals surface area (Å²) in [6.07, 6.45) is 1.94. The van der Waals surface area contributed by atoms with Gasteiger partial charge in [-0.05, 0) is 51.0 Å². The van der Waals surface area contributed by atoms with Crippen LogP contribution < -0.4 is 0 Å². The van der Waals surface area contributed by atoms with Gasteiger partial charge in [-0.15, -0.1) is 0 Å². The second-order valence-electron chi connectivity index (χ2n) is 5.69. The van der Waals surface area contributed by atoms with Gasteiger partial charge >= 0.3 is 0 Å². The fraction of sp³-hybridized carbons (Fsp3) is 0.500. The molecule has 3 nitrogen and oxygen atoms in total. The van der Waals surface area contributed by atoms with E-state index >= 15 is 0 Å². The standard InChI is InChI=1S/C14H17ClN2OS/c1-14(2)8-9(6-7-18-14)17-11-5-3-4-10(15)12(11)16-13(17)19/h3-5,9H,6-8H2,1-2H3,(H,16,19). The number of nitrogens with one attached hydrogen (secondary N) is 1. The van der Waals surface area contributed by atoms with Crippen LogP contribution in [0.3, 0.4) is 0 Å². The molecule has 2 heterocycles. The zero-order valence-electron chi connectivity index (χ0n) is 11.1. The van der Waals surface area contributed by atoms with Crippen LogP contribution in [-0.2, 0) is 4.74 Å². The number of hydrogen-bond acceptors (Lipinski definition) is 2. The Bertz CT molecular complexity index is 674. The van der Waals surface area contributed by atoms with Crippen LogP contribution in [-0.4, -0.2) is 21.8 Å². The van der Waals surface area contributed by atoms with Gasteiger partial charge < -0.3 is 14.3 Å². The summed E-state index contributed by atoms with van der Waals surface area (Å²) in [4.78, 5) is 3.22. The Morgan fingerprint density at radius 3 is 3.00 bits per heavy atom. The van der Waals surface area contributed by atoms with E-state index in [2.05, 4.69) is 29.5 Å². The number of halogens is 1. The molecule has 1 aliphatic rings. The van der Waals surface area contributed by atoms with E-state index in [-0.39, 0.29) is 5.60 Å². The van der Waals surface area contributed by atoms with E-state index in [0.717, 1.165) is 35.3 Å². The van der Waals surface area contributed by atoms with Gasteiger partial charge in [-0.3, -0.25) is 0 Å². The molecule has 0 saturated carbocycles. The summed E-state index contributed by atoms with van der Waals surface area (Å²) in [5, 5.41) is 0.716. The molecule has 1 aromatic heterocycles. The van der Waals surface area contributed by atoms with Crippen molar-refractivity contribution in [2.24, 2.45) is 0 Å². The number of hydrogen-bond donors (Lipinski definition) is 1. The second-order valence-corrected chi connectivity index (χ2v) is 6.48. The van der Waals surface area contributed by atoms with Gasteiger partial charge in [0, 0.05) is 12.6 Å². The number of aromatic nitrogens is 2. The number of benzene rings is 1. The minimum absolute atomic E-state index is 0.0974. The number of ether oxygens (including phenoxy) is 1. The number of para-hydroxylation sites is 1. The van der Waals surface area contributed by atoms with Crippen molar-refractivity contribution < 1.29 is 4.74 Å². The van der Waals surface area contributed by atoms with Gasteiger partial charge in [0.05, 0.1) is 21.7 Å². The summed E-state index contributed by atoms with van der Waals surface area (Å²) in [5.41, 5.74) is 1.92. The molecule has 1 saturated heterocycles. The highest BCUT2D eigenvalue weighted by Crippen LogP contribution is 2.35. The topological polar surface area (TPSA) is 29.9 Å². The summed E-state index contributed by atoms with van der Waals surface area (Å²) in [5.74, 6) is 0. The van der Waals surface area contributed by atoms with Gasteiger partial charge in [-0.1, -0.05) is 17.7 Å². The van der Waals surface area contributed by atoms with E-state index in [9.17, 15) is 0 Å². The highest BCUT2D eigenvalue weighted by atomic mass is 35.5. The minimum atomic E-state index is -0.0974. The normalized spacial score (nSPS) is 22.8. The smallest absolute Gasteiger partial charge is 0.178 e. The first-order valence-corrected chi connectivity index (χ1v) is 7.29. The summed E-state index contributed by atoms with van der Waals surface area (Å²) in [6.45, 7) is 5.03. The zero-order valence-corrected chi connectivity index (χ0v) is 12.6. The van der Waals surface area contributed by atoms with Crippen LogP contribution in [0.15, 0.2) is 18.2 Å². The summed E-state index contributed by atoms with van der Waals surface area (Å²) in [7, 11) is 0. The Morgan fingerprint density at radius 1 is 1.47 bits per heavy atom. The molecule has 3 rings (SSSR count). The molecule has 0 spiro atoms.